The van der Waals surface area contributed by atoms with Crippen molar-refractivity contribution in [2.24, 2.45) is 0 Å². The van der Waals surface area contributed by atoms with Gasteiger partial charge in [-0.05, 0) is 20.3 Å². The molecule has 1 aromatic rings. The van der Waals surface area contributed by atoms with E-state index in [1.54, 1.807) is 0 Å². The minimum atomic E-state index is -0.575. The number of aromatic nitrogens is 2. The van der Waals surface area contributed by atoms with Crippen molar-refractivity contribution in [1.82, 2.24) is 9.78 Å². The van der Waals surface area contributed by atoms with Gasteiger partial charge in [-0.3, -0.25) is 4.79 Å². The van der Waals surface area contributed by atoms with Crippen molar-refractivity contribution in [3.63, 3.8) is 0 Å². The van der Waals surface area contributed by atoms with Gasteiger partial charge in [0.15, 0.2) is 0 Å². The summed E-state index contributed by atoms with van der Waals surface area (Å²) in [6, 6.07) is 0. The van der Waals surface area contributed by atoms with Crippen molar-refractivity contribution in [2.75, 3.05) is 5.32 Å². The molecule has 17 heavy (non-hydrogen) atoms. The molecule has 0 aliphatic rings. The van der Waals surface area contributed by atoms with E-state index in [1.165, 1.54) is 10.9 Å². The lowest BCUT2D eigenvalue weighted by Crippen LogP contribution is -2.31. The van der Waals surface area contributed by atoms with Crippen LogP contribution in [-0.4, -0.2) is 15.3 Å². The Morgan fingerprint density at radius 2 is 2.29 bits per heavy atom. The minimum Gasteiger partial charge on any atom is -0.367 e. The van der Waals surface area contributed by atoms with E-state index in [1.807, 2.05) is 20.8 Å². The topological polar surface area (TPSA) is 46.9 Å². The van der Waals surface area contributed by atoms with Gasteiger partial charge in [-0.1, -0.05) is 24.4 Å². The third-order valence-corrected chi connectivity index (χ3v) is 2.59. The van der Waals surface area contributed by atoms with E-state index in [0.29, 0.717) is 12.2 Å². The van der Waals surface area contributed by atoms with Gasteiger partial charge in [0.05, 0.1) is 17.4 Å². The summed E-state index contributed by atoms with van der Waals surface area (Å²) in [7, 11) is 0. The largest absolute Gasteiger partial charge is 0.367 e. The van der Waals surface area contributed by atoms with E-state index in [0.717, 1.165) is 6.42 Å². The van der Waals surface area contributed by atoms with Gasteiger partial charge in [0.1, 0.15) is 5.02 Å². The third-order valence-electron chi connectivity index (χ3n) is 2.23. The van der Waals surface area contributed by atoms with Gasteiger partial charge < -0.3 is 5.32 Å². The van der Waals surface area contributed by atoms with Crippen LogP contribution in [0.25, 0.3) is 0 Å². The second kappa shape index (κ2) is 5.24. The molecule has 0 radical (unpaired) electrons. The summed E-state index contributed by atoms with van der Waals surface area (Å²) in [4.78, 5) is 11.8. The molecule has 1 N–H and O–H groups in total. The zero-order chi connectivity index (χ0) is 13.1. The van der Waals surface area contributed by atoms with Crippen LogP contribution in [0.3, 0.4) is 0 Å². The van der Waals surface area contributed by atoms with Gasteiger partial charge in [-0.25, -0.2) is 4.68 Å². The SMILES string of the molecule is C#CC(C)(C)Nc1cnn(CCC)c(=O)c1Cl. The highest BCUT2D eigenvalue weighted by atomic mass is 35.5. The Balaban J connectivity index is 3.10. The van der Waals surface area contributed by atoms with Gasteiger partial charge in [-0.2, -0.15) is 5.10 Å². The Bertz CT molecular complexity index is 499. The molecule has 1 aromatic heterocycles. The first-order chi connectivity index (χ1) is 7.91. The smallest absolute Gasteiger partial charge is 0.287 e. The second-order valence-electron chi connectivity index (χ2n) is 4.29. The highest BCUT2D eigenvalue weighted by molar-refractivity contribution is 6.32. The fourth-order valence-corrected chi connectivity index (χ4v) is 1.49. The molecule has 4 nitrogen and oxygen atoms in total. The van der Waals surface area contributed by atoms with Crippen LogP contribution in [0.1, 0.15) is 27.2 Å². The standard InChI is InChI=1S/C12H16ClN3O/c1-5-7-16-11(17)10(13)9(8-14-16)15-12(3,4)6-2/h2,8,15H,5,7H2,1,3-4H3. The molecule has 0 saturated heterocycles. The van der Waals surface area contributed by atoms with Crippen molar-refractivity contribution in [2.45, 2.75) is 39.3 Å². The molecule has 1 rings (SSSR count). The van der Waals surface area contributed by atoms with Crippen LogP contribution in [0.5, 0.6) is 0 Å². The van der Waals surface area contributed by atoms with Crippen molar-refractivity contribution >= 4 is 17.3 Å². The van der Waals surface area contributed by atoms with E-state index in [9.17, 15) is 4.79 Å². The van der Waals surface area contributed by atoms with E-state index in [-0.39, 0.29) is 10.6 Å². The first-order valence-electron chi connectivity index (χ1n) is 5.43. The summed E-state index contributed by atoms with van der Waals surface area (Å²) >= 11 is 5.99. The van der Waals surface area contributed by atoms with E-state index in [2.05, 4.69) is 16.3 Å². The number of rotatable bonds is 4. The summed E-state index contributed by atoms with van der Waals surface area (Å²) in [6.45, 7) is 6.16. The molecule has 0 saturated carbocycles. The summed E-state index contributed by atoms with van der Waals surface area (Å²) in [5.41, 5.74) is -0.410. The number of terminal acetylenes is 1. The van der Waals surface area contributed by atoms with Crippen LogP contribution in [0, 0.1) is 12.3 Å². The Morgan fingerprint density at radius 3 is 2.82 bits per heavy atom. The average molecular weight is 254 g/mol. The zero-order valence-corrected chi connectivity index (χ0v) is 11.0. The maximum Gasteiger partial charge on any atom is 0.287 e. The Labute approximate surface area is 106 Å². The predicted molar refractivity (Wildman–Crippen MR) is 70.3 cm³/mol. The highest BCUT2D eigenvalue weighted by Gasteiger charge is 2.17. The molecular weight excluding hydrogens is 238 g/mol. The van der Waals surface area contributed by atoms with Crippen molar-refractivity contribution in [1.29, 1.82) is 0 Å². The van der Waals surface area contributed by atoms with Crippen LogP contribution in [0.4, 0.5) is 5.69 Å². The number of anilines is 1. The highest BCUT2D eigenvalue weighted by Crippen LogP contribution is 2.19. The lowest BCUT2D eigenvalue weighted by molar-refractivity contribution is 0.567. The lowest BCUT2D eigenvalue weighted by Gasteiger charge is -2.21. The summed E-state index contributed by atoms with van der Waals surface area (Å²) in [5.74, 6) is 2.57. The summed E-state index contributed by atoms with van der Waals surface area (Å²) in [6.07, 6.45) is 7.71. The molecule has 0 amide bonds. The molecule has 0 fully saturated rings. The fourth-order valence-electron chi connectivity index (χ4n) is 1.30. The van der Waals surface area contributed by atoms with Gasteiger partial charge in [-0.15, -0.1) is 6.42 Å². The third kappa shape index (κ3) is 3.24. The first kappa shape index (κ1) is 13.6. The van der Waals surface area contributed by atoms with Gasteiger partial charge in [0.25, 0.3) is 5.56 Å². The van der Waals surface area contributed by atoms with Crippen molar-refractivity contribution < 1.29 is 0 Å². The maximum atomic E-state index is 11.8. The summed E-state index contributed by atoms with van der Waals surface area (Å²) < 4.78 is 1.34. The van der Waals surface area contributed by atoms with Crippen LogP contribution in [0.15, 0.2) is 11.0 Å². The number of aryl methyl sites for hydroxylation is 1. The lowest BCUT2D eigenvalue weighted by atomic mass is 10.1. The number of nitrogens with one attached hydrogen (secondary N) is 1. The number of hydrogen-bond acceptors (Lipinski definition) is 3. The zero-order valence-electron chi connectivity index (χ0n) is 10.2. The maximum absolute atomic E-state index is 11.8. The first-order valence-corrected chi connectivity index (χ1v) is 5.80. The van der Waals surface area contributed by atoms with E-state index in [4.69, 9.17) is 18.0 Å². The Kier molecular flexibility index (Phi) is 4.19. The molecule has 0 unspecified atom stereocenters. The normalized spacial score (nSPS) is 11.0. The molecule has 1 heterocycles. The average Bonchev–Trinajstić information content (AvgIpc) is 2.29. The second-order valence-corrected chi connectivity index (χ2v) is 4.67. The summed E-state index contributed by atoms with van der Waals surface area (Å²) in [5, 5.41) is 7.16. The van der Waals surface area contributed by atoms with Gasteiger partial charge in [0.2, 0.25) is 0 Å². The minimum absolute atomic E-state index is 0.122. The van der Waals surface area contributed by atoms with Gasteiger partial charge >= 0.3 is 0 Å². The van der Waals surface area contributed by atoms with Crippen LogP contribution < -0.4 is 10.9 Å². The molecule has 0 aliphatic carbocycles. The monoisotopic (exact) mass is 253 g/mol. The predicted octanol–water partition coefficient (Wildman–Crippen LogP) is 2.13. The number of hydrogen-bond donors (Lipinski definition) is 1. The molecule has 92 valence electrons. The van der Waals surface area contributed by atoms with Crippen molar-refractivity contribution in [3.8, 4) is 12.3 Å². The fraction of sp³-hybridized carbons (Fsp3) is 0.500. The molecule has 0 atom stereocenters. The number of nitrogens with zero attached hydrogens (tertiary/aromatic N) is 2. The molecule has 0 spiro atoms. The Morgan fingerprint density at radius 1 is 1.65 bits per heavy atom. The molecule has 5 heteroatoms. The van der Waals surface area contributed by atoms with Crippen LogP contribution in [0.2, 0.25) is 5.02 Å². The molecule has 0 bridgehead atoms. The van der Waals surface area contributed by atoms with Crippen LogP contribution in [-0.2, 0) is 6.54 Å². The van der Waals surface area contributed by atoms with Crippen molar-refractivity contribution in [3.05, 3.63) is 21.6 Å². The van der Waals surface area contributed by atoms with E-state index >= 15 is 0 Å². The number of halogens is 1. The Hall–Kier alpha value is -1.47. The van der Waals surface area contributed by atoms with E-state index < -0.39 is 5.54 Å². The quantitative estimate of drug-likeness (QED) is 0.837. The molecular formula is C12H16ClN3O. The van der Waals surface area contributed by atoms with Crippen LogP contribution >= 0.6 is 11.6 Å². The molecule has 0 aliphatic heterocycles. The molecule has 0 aromatic carbocycles. The van der Waals surface area contributed by atoms with Gasteiger partial charge in [0, 0.05) is 6.54 Å².